The number of carbonyl (C=O) groups excluding carboxylic acids is 1. The highest BCUT2D eigenvalue weighted by molar-refractivity contribution is 6.02. The summed E-state index contributed by atoms with van der Waals surface area (Å²) in [6.45, 7) is 1.53. The second-order valence-corrected chi connectivity index (χ2v) is 6.36. The number of ether oxygens (including phenoxy) is 3. The van der Waals surface area contributed by atoms with Crippen LogP contribution in [0.2, 0.25) is 0 Å². The normalized spacial score (nSPS) is 10.7. The van der Waals surface area contributed by atoms with Crippen molar-refractivity contribution in [2.24, 2.45) is 4.99 Å². The lowest BCUT2D eigenvalue weighted by Gasteiger charge is -2.22. The minimum atomic E-state index is -0.104. The van der Waals surface area contributed by atoms with Crippen molar-refractivity contribution < 1.29 is 19.0 Å². The van der Waals surface area contributed by atoms with Crippen LogP contribution in [0.15, 0.2) is 71.7 Å². The van der Waals surface area contributed by atoms with Crippen LogP contribution in [0.3, 0.4) is 0 Å². The fourth-order valence-corrected chi connectivity index (χ4v) is 3.20. The number of aliphatic imine (C=N–C) groups is 1. The number of carbonyl (C=O) groups is 1. The van der Waals surface area contributed by atoms with Crippen LogP contribution in [0.5, 0.6) is 17.2 Å². The SMILES string of the molecule is COc1ccc(/C=N/c2ccccc2N(C(C)=O)c2ccccc2)c(OC)c1OC. The van der Waals surface area contributed by atoms with Crippen LogP contribution in [0, 0.1) is 0 Å². The summed E-state index contributed by atoms with van der Waals surface area (Å²) in [6, 6.07) is 20.6. The van der Waals surface area contributed by atoms with E-state index >= 15 is 0 Å². The standard InChI is InChI=1S/C24H24N2O4/c1-17(27)26(19-10-6-5-7-11-19)21-13-9-8-12-20(21)25-16-18-14-15-22(28-2)24(30-4)23(18)29-3/h5-16H,1-4H3/b25-16+. The average molecular weight is 404 g/mol. The van der Waals surface area contributed by atoms with Gasteiger partial charge >= 0.3 is 0 Å². The summed E-state index contributed by atoms with van der Waals surface area (Å²) in [7, 11) is 4.69. The molecule has 0 atom stereocenters. The van der Waals surface area contributed by atoms with E-state index < -0.39 is 0 Å². The molecular formula is C24H24N2O4. The number of rotatable bonds is 7. The van der Waals surface area contributed by atoms with Crippen molar-refractivity contribution in [3.63, 3.8) is 0 Å². The maximum Gasteiger partial charge on any atom is 0.228 e. The van der Waals surface area contributed by atoms with E-state index in [0.717, 1.165) is 11.3 Å². The topological polar surface area (TPSA) is 60.4 Å². The van der Waals surface area contributed by atoms with Crippen molar-refractivity contribution in [2.75, 3.05) is 26.2 Å². The minimum absolute atomic E-state index is 0.104. The Bertz CT molecular complexity index is 1050. The third-order valence-corrected chi connectivity index (χ3v) is 4.53. The van der Waals surface area contributed by atoms with Gasteiger partial charge in [0.15, 0.2) is 11.5 Å². The van der Waals surface area contributed by atoms with Crippen LogP contribution < -0.4 is 19.1 Å². The molecule has 0 unspecified atom stereocenters. The molecule has 6 nitrogen and oxygen atoms in total. The van der Waals surface area contributed by atoms with Gasteiger partial charge in [0, 0.05) is 24.4 Å². The lowest BCUT2D eigenvalue weighted by Crippen LogP contribution is -2.22. The van der Waals surface area contributed by atoms with Gasteiger partial charge in [0.05, 0.1) is 32.7 Å². The number of hydrogen-bond donors (Lipinski definition) is 0. The second kappa shape index (κ2) is 9.60. The second-order valence-electron chi connectivity index (χ2n) is 6.36. The molecule has 0 saturated heterocycles. The zero-order chi connectivity index (χ0) is 21.5. The van der Waals surface area contributed by atoms with Crippen LogP contribution in [-0.2, 0) is 4.79 Å². The maximum atomic E-state index is 12.4. The first-order valence-corrected chi connectivity index (χ1v) is 9.38. The third kappa shape index (κ3) is 4.27. The van der Waals surface area contributed by atoms with Gasteiger partial charge in [-0.25, -0.2) is 0 Å². The number of nitrogens with zero attached hydrogens (tertiary/aromatic N) is 2. The number of hydrogen-bond acceptors (Lipinski definition) is 5. The van der Waals surface area contributed by atoms with Crippen LogP contribution in [-0.4, -0.2) is 33.5 Å². The molecule has 3 aromatic carbocycles. The summed E-state index contributed by atoms with van der Waals surface area (Å²) in [6.07, 6.45) is 1.68. The summed E-state index contributed by atoms with van der Waals surface area (Å²) >= 11 is 0. The molecule has 154 valence electrons. The van der Waals surface area contributed by atoms with E-state index in [9.17, 15) is 4.79 Å². The lowest BCUT2D eigenvalue weighted by atomic mass is 10.1. The van der Waals surface area contributed by atoms with Crippen molar-refractivity contribution in [1.82, 2.24) is 0 Å². The Morgan fingerprint density at radius 2 is 1.50 bits per heavy atom. The molecule has 0 aliphatic heterocycles. The van der Waals surface area contributed by atoms with Gasteiger partial charge in [-0.15, -0.1) is 0 Å². The van der Waals surface area contributed by atoms with Gasteiger partial charge in [-0.1, -0.05) is 30.3 Å². The zero-order valence-corrected chi connectivity index (χ0v) is 17.5. The minimum Gasteiger partial charge on any atom is -0.493 e. The number of amides is 1. The van der Waals surface area contributed by atoms with E-state index in [2.05, 4.69) is 4.99 Å². The number of methoxy groups -OCH3 is 3. The van der Waals surface area contributed by atoms with Gasteiger partial charge in [-0.05, 0) is 36.4 Å². The maximum absolute atomic E-state index is 12.4. The van der Waals surface area contributed by atoms with Gasteiger partial charge < -0.3 is 14.2 Å². The van der Waals surface area contributed by atoms with E-state index in [-0.39, 0.29) is 5.91 Å². The Morgan fingerprint density at radius 3 is 2.13 bits per heavy atom. The molecule has 3 aromatic rings. The Morgan fingerprint density at radius 1 is 0.833 bits per heavy atom. The zero-order valence-electron chi connectivity index (χ0n) is 17.5. The van der Waals surface area contributed by atoms with Crippen LogP contribution in [0.1, 0.15) is 12.5 Å². The van der Waals surface area contributed by atoms with Crippen LogP contribution in [0.25, 0.3) is 0 Å². The molecule has 1 amide bonds. The van der Waals surface area contributed by atoms with Gasteiger partial charge in [-0.2, -0.15) is 0 Å². The molecule has 30 heavy (non-hydrogen) atoms. The molecule has 0 radical (unpaired) electrons. The van der Waals surface area contributed by atoms with E-state index in [1.165, 1.54) is 6.92 Å². The highest BCUT2D eigenvalue weighted by atomic mass is 16.5. The average Bonchev–Trinajstić information content (AvgIpc) is 2.78. The Labute approximate surface area is 176 Å². The van der Waals surface area contributed by atoms with Crippen molar-refractivity contribution in [1.29, 1.82) is 0 Å². The first-order valence-electron chi connectivity index (χ1n) is 9.38. The Kier molecular flexibility index (Phi) is 6.70. The molecule has 0 bridgehead atoms. The summed E-state index contributed by atoms with van der Waals surface area (Å²) in [5.74, 6) is 1.47. The molecule has 0 N–H and O–H groups in total. The summed E-state index contributed by atoms with van der Waals surface area (Å²) in [5.41, 5.74) is 2.83. The molecule has 0 saturated carbocycles. The lowest BCUT2D eigenvalue weighted by molar-refractivity contribution is -0.115. The highest BCUT2D eigenvalue weighted by Gasteiger charge is 2.18. The fraction of sp³-hybridized carbons (Fsp3) is 0.167. The van der Waals surface area contributed by atoms with E-state index in [1.54, 1.807) is 38.5 Å². The van der Waals surface area contributed by atoms with Crippen LogP contribution >= 0.6 is 0 Å². The largest absolute Gasteiger partial charge is 0.493 e. The monoisotopic (exact) mass is 404 g/mol. The molecule has 0 aliphatic carbocycles. The van der Waals surface area contributed by atoms with Crippen molar-refractivity contribution in [2.45, 2.75) is 6.92 Å². The quantitative estimate of drug-likeness (QED) is 0.511. The molecule has 0 spiro atoms. The van der Waals surface area contributed by atoms with Gasteiger partial charge in [0.2, 0.25) is 11.7 Å². The summed E-state index contributed by atoms with van der Waals surface area (Å²) in [4.78, 5) is 18.7. The molecule has 6 heteroatoms. The molecule has 0 aliphatic rings. The summed E-state index contributed by atoms with van der Waals surface area (Å²) in [5, 5.41) is 0. The summed E-state index contributed by atoms with van der Waals surface area (Å²) < 4.78 is 16.3. The molecule has 0 aromatic heterocycles. The molecule has 0 fully saturated rings. The van der Waals surface area contributed by atoms with E-state index in [1.807, 2.05) is 60.7 Å². The number of para-hydroxylation sites is 3. The van der Waals surface area contributed by atoms with E-state index in [4.69, 9.17) is 14.2 Å². The van der Waals surface area contributed by atoms with Gasteiger partial charge in [0.25, 0.3) is 0 Å². The first kappa shape index (κ1) is 20.9. The Balaban J connectivity index is 2.05. The number of benzene rings is 3. The Hall–Kier alpha value is -3.80. The van der Waals surface area contributed by atoms with Crippen LogP contribution in [0.4, 0.5) is 17.1 Å². The number of anilines is 2. The van der Waals surface area contributed by atoms with E-state index in [0.29, 0.717) is 28.6 Å². The smallest absolute Gasteiger partial charge is 0.228 e. The molecule has 3 rings (SSSR count). The van der Waals surface area contributed by atoms with Crippen molar-refractivity contribution in [3.8, 4) is 17.2 Å². The highest BCUT2D eigenvalue weighted by Crippen LogP contribution is 2.40. The molecular weight excluding hydrogens is 380 g/mol. The van der Waals surface area contributed by atoms with Crippen molar-refractivity contribution >= 4 is 29.2 Å². The predicted molar refractivity (Wildman–Crippen MR) is 119 cm³/mol. The van der Waals surface area contributed by atoms with Gasteiger partial charge in [0.1, 0.15) is 0 Å². The first-order chi connectivity index (χ1) is 14.6. The third-order valence-electron chi connectivity index (χ3n) is 4.53. The fourth-order valence-electron chi connectivity index (χ4n) is 3.20. The molecule has 0 heterocycles. The van der Waals surface area contributed by atoms with Gasteiger partial charge in [-0.3, -0.25) is 14.7 Å². The van der Waals surface area contributed by atoms with Crippen molar-refractivity contribution in [3.05, 3.63) is 72.3 Å². The predicted octanol–water partition coefficient (Wildman–Crippen LogP) is 5.15.